The summed E-state index contributed by atoms with van der Waals surface area (Å²) in [5, 5.41) is 40.6. The highest BCUT2D eigenvalue weighted by Gasteiger charge is 2.58. The Hall–Kier alpha value is -11.5. The Morgan fingerprint density at radius 1 is 0.358 bits per heavy atom. The quantitative estimate of drug-likeness (QED) is 0.0185. The number of benzene rings is 9. The first-order valence-electron chi connectivity index (χ1n) is 45.5. The number of halogens is 1. The van der Waals surface area contributed by atoms with Crippen molar-refractivity contribution in [1.82, 2.24) is 19.9 Å². The molecule has 8 heterocycles. The molecule has 17 rings (SSSR count). The molecule has 4 unspecified atom stereocenters. The van der Waals surface area contributed by atoms with Gasteiger partial charge in [-0.2, -0.15) is 0 Å². The molecule has 0 radical (unpaired) electrons. The Morgan fingerprint density at radius 3 is 1.09 bits per heavy atom. The first-order valence-corrected chi connectivity index (χ1v) is 46.5. The van der Waals surface area contributed by atoms with E-state index in [0.29, 0.717) is 112 Å². The van der Waals surface area contributed by atoms with Gasteiger partial charge >= 0.3 is 5.97 Å². The number of aliphatic hydroxyl groups excluding tert-OH is 3. The number of aryl methyl sites for hydroxylation is 4. The van der Waals surface area contributed by atoms with E-state index in [9.17, 15) is 24.9 Å². The lowest BCUT2D eigenvalue weighted by molar-refractivity contribution is -0.250. The predicted octanol–water partition coefficient (Wildman–Crippen LogP) is 20.9. The van der Waals surface area contributed by atoms with Gasteiger partial charge in [-0.05, 0) is 144 Å². The van der Waals surface area contributed by atoms with Crippen LogP contribution >= 0.6 is 22.6 Å². The largest absolute Gasteiger partial charge is 0.473 e. The van der Waals surface area contributed by atoms with E-state index >= 15 is 0 Å². The van der Waals surface area contributed by atoms with Crippen LogP contribution in [0.3, 0.4) is 0 Å². The van der Waals surface area contributed by atoms with E-state index in [4.69, 9.17) is 71.7 Å². The van der Waals surface area contributed by atoms with Crippen LogP contribution in [0.15, 0.2) is 326 Å². The number of aliphatic hydroxyl groups is 4. The van der Waals surface area contributed by atoms with Crippen LogP contribution in [0, 0.1) is 31.3 Å². The lowest BCUT2D eigenvalue weighted by Crippen LogP contribution is -2.44. The van der Waals surface area contributed by atoms with Gasteiger partial charge < -0.3 is 87.0 Å². The minimum Gasteiger partial charge on any atom is -0.473 e. The summed E-state index contributed by atoms with van der Waals surface area (Å²) in [5.41, 5.74) is 14.6. The maximum Gasteiger partial charge on any atom is 0.338 e. The van der Waals surface area contributed by atoms with E-state index in [1.807, 2.05) is 308 Å². The van der Waals surface area contributed by atoms with E-state index in [1.165, 1.54) is 6.07 Å². The Balaban J connectivity index is 0.000000184. The van der Waals surface area contributed by atoms with Crippen molar-refractivity contribution < 1.29 is 86.8 Å². The number of hydrogen-bond donors (Lipinski definition) is 5. The first kappa shape index (κ1) is 107. The number of carbonyl (C=O) groups is 1. The van der Waals surface area contributed by atoms with Crippen molar-refractivity contribution in [1.29, 1.82) is 0 Å². The average Bonchev–Trinajstić information content (AvgIpc) is 1.59. The number of nitrogens with one attached hydrogen (secondary N) is 1. The molecular formula is C113H131IN4O19. The molecule has 0 saturated carbocycles. The van der Waals surface area contributed by atoms with Crippen molar-refractivity contribution in [2.45, 2.75) is 241 Å². The molecule has 15 atom stereocenters. The molecule has 4 aromatic heterocycles. The summed E-state index contributed by atoms with van der Waals surface area (Å²) >= 11 is 2.26. The number of hydrogen-bond acceptors (Lipinski definition) is 22. The molecule has 24 heteroatoms. The summed E-state index contributed by atoms with van der Waals surface area (Å²) in [6.45, 7) is 17.2. The van der Waals surface area contributed by atoms with Gasteiger partial charge in [-0.15, -0.1) is 0 Å². The number of rotatable bonds is 34. The van der Waals surface area contributed by atoms with Crippen LogP contribution in [0.1, 0.15) is 164 Å². The predicted molar refractivity (Wildman–Crippen MR) is 538 cm³/mol. The van der Waals surface area contributed by atoms with Gasteiger partial charge in [-0.1, -0.05) is 316 Å². The molecule has 4 fully saturated rings. The number of nitrogens with zero attached hydrogens (tertiary/aromatic N) is 3. The molecule has 0 amide bonds. The third-order valence-electron chi connectivity index (χ3n) is 23.3. The van der Waals surface area contributed by atoms with Crippen molar-refractivity contribution in [3.63, 3.8) is 0 Å². The van der Waals surface area contributed by atoms with Gasteiger partial charge in [0.1, 0.15) is 87.0 Å². The van der Waals surface area contributed by atoms with E-state index in [1.54, 1.807) is 19.1 Å². The summed E-state index contributed by atoms with van der Waals surface area (Å²) in [6.07, 6.45) is -5.42. The molecule has 0 bridgehead atoms. The van der Waals surface area contributed by atoms with Crippen LogP contribution in [-0.2, 0) is 117 Å². The topological polar surface area (TPSA) is 290 Å². The molecule has 13 aromatic rings. The van der Waals surface area contributed by atoms with Gasteiger partial charge in [-0.3, -0.25) is 4.79 Å². The third-order valence-corrected chi connectivity index (χ3v) is 24.4. The van der Waals surface area contributed by atoms with Crippen molar-refractivity contribution in [2.24, 2.45) is 0 Å². The number of cyclic esters (lactones) is 1. The number of aromatic nitrogens is 4. The molecule has 5 N–H and O–H groups in total. The molecule has 137 heavy (non-hydrogen) atoms. The Kier molecular flexibility index (Phi) is 43.3. The summed E-state index contributed by atoms with van der Waals surface area (Å²) in [7, 11) is 0. The fourth-order valence-electron chi connectivity index (χ4n) is 16.1. The summed E-state index contributed by atoms with van der Waals surface area (Å²) in [6, 6.07) is 105. The molecule has 724 valence electrons. The number of H-pyrrole nitrogens is 1. The standard InChI is InChI=1S/C33H35NO5.C33H35NO4.C20H22O4.C13H12INO.C11H15NO5.3CH4/c1-3-29-31(37-22-26-15-9-5-10-16-26)32(38-23-27-17-11-6-12-18-27)33(35,39-29)28-19-20-30(34-24(28)2)36-21-25-13-7-4-8-14-25;1-3-29-32(36-22-26-15-9-5-10-16-26)33(37-23-27-17-11-6-12-18-27)31(38-29)28-19-20-30(34-24(28)2)35-21-25-13-7-4-8-14-25;1-2-17-18(22-13-15-9-5-3-6-10-15)19(20(21)24-17)23-14-16-11-7-4-8-12-16;1-10-12(14)7-8-13(15-10)16-9-11-5-3-2-4-6-11;1-5-6(2-3-8(14)12-5)11-10(16)9(15)7(4-13)17-11;;;/h4-20,29,31-32,35H,3,21-23H2,1-2H3;4-20,29,31-33H,3,21-23H2,1-2H3;3-12,17-19H,2,13-14H2,1H3;2-8H,9H2,1H3;2-3,7,9-11,13,15-16H,4H2,1H3,(H,12,14);3*1H4/t29-,31+,32?,33+;29-,31+,32+,33?;17-,18+,19?;;7-,9+,10?,11+;;;/m111.1.../s1. The molecular weight excluding hydrogens is 1840 g/mol. The molecule has 0 spiro atoms. The van der Waals surface area contributed by atoms with Gasteiger partial charge in [-0.25, -0.2) is 19.7 Å². The molecule has 4 aliphatic rings. The zero-order valence-corrected chi connectivity index (χ0v) is 78.7. The molecule has 4 aliphatic heterocycles. The van der Waals surface area contributed by atoms with Gasteiger partial charge in [0.25, 0.3) is 0 Å². The second-order valence-electron chi connectivity index (χ2n) is 32.9. The van der Waals surface area contributed by atoms with Gasteiger partial charge in [0.05, 0.1) is 69.8 Å². The molecule has 9 aromatic carbocycles. The van der Waals surface area contributed by atoms with Crippen LogP contribution < -0.4 is 19.8 Å². The number of carbonyl (C=O) groups excluding carboxylic acids is 1. The minimum absolute atomic E-state index is 0. The fraction of sp³-hybridized carbons (Fsp3) is 0.336. The molecule has 0 aliphatic carbocycles. The monoisotopic (exact) mass is 1970 g/mol. The highest BCUT2D eigenvalue weighted by atomic mass is 127. The Labute approximate surface area is 819 Å². The first-order chi connectivity index (χ1) is 65.3. The molecule has 23 nitrogen and oxygen atoms in total. The second-order valence-corrected chi connectivity index (χ2v) is 34.1. The average molecular weight is 1980 g/mol. The number of pyridine rings is 4. The van der Waals surface area contributed by atoms with Crippen molar-refractivity contribution in [3.05, 3.63) is 425 Å². The van der Waals surface area contributed by atoms with E-state index in [2.05, 4.69) is 74.8 Å². The Morgan fingerprint density at radius 2 is 0.708 bits per heavy atom. The van der Waals surface area contributed by atoms with E-state index in [-0.39, 0.29) is 83.1 Å². The van der Waals surface area contributed by atoms with Crippen LogP contribution in [-0.4, -0.2) is 126 Å². The van der Waals surface area contributed by atoms with Crippen molar-refractivity contribution in [3.8, 4) is 17.6 Å². The van der Waals surface area contributed by atoms with Crippen LogP contribution in [0.5, 0.6) is 17.6 Å². The maximum atomic E-state index is 12.2. The van der Waals surface area contributed by atoms with Gasteiger partial charge in [0.2, 0.25) is 29.0 Å². The number of esters is 1. The highest BCUT2D eigenvalue weighted by molar-refractivity contribution is 14.1. The SMILES string of the molecule is C.C.C.CC[C@H]1OC(=O)C(OCc2ccccc2)[C@H]1OCc1ccccc1.CC[C@H]1O[C@@H](c2ccc(OCc3ccccc3)nc2C)C(OCc2ccccc2)[C@H]1OCc1ccccc1.CC[C@H]1O[C@@](O)(c2ccc(OCc3ccccc3)nc2C)C(OCc2ccccc2)[C@H]1OCc1ccccc1.Cc1[nH]c(=O)ccc1[C@@H]1O[C@H](CO)[C@H](O)C1O.Cc1nc(OCc2ccccc2)ccc1I. The van der Waals surface area contributed by atoms with Crippen LogP contribution in [0.4, 0.5) is 0 Å². The number of aromatic amines is 1. The smallest absolute Gasteiger partial charge is 0.338 e. The zero-order valence-electron chi connectivity index (χ0n) is 76.5. The number of ether oxygens (including phenoxy) is 13. The van der Waals surface area contributed by atoms with Gasteiger partial charge in [0, 0.05) is 55.9 Å². The maximum absolute atomic E-state index is 12.2. The Bertz CT molecular complexity index is 5720. The molecule has 4 saturated heterocycles. The van der Waals surface area contributed by atoms with E-state index in [0.717, 1.165) is 77.0 Å². The summed E-state index contributed by atoms with van der Waals surface area (Å²) in [5.74, 6) is -0.324. The third kappa shape index (κ3) is 30.7. The second kappa shape index (κ2) is 55.2. The van der Waals surface area contributed by atoms with Crippen molar-refractivity contribution in [2.75, 3.05) is 6.61 Å². The van der Waals surface area contributed by atoms with Crippen molar-refractivity contribution >= 4 is 28.6 Å². The normalized spacial score (nSPS) is 21.6. The van der Waals surface area contributed by atoms with Crippen LogP contribution in [0.25, 0.3) is 0 Å². The summed E-state index contributed by atoms with van der Waals surface area (Å²) in [4.78, 5) is 39.6. The van der Waals surface area contributed by atoms with Crippen LogP contribution in [0.2, 0.25) is 0 Å². The lowest BCUT2D eigenvalue weighted by atomic mass is 9.95. The van der Waals surface area contributed by atoms with Gasteiger partial charge in [0.15, 0.2) is 6.10 Å². The lowest BCUT2D eigenvalue weighted by Gasteiger charge is -2.31. The fourth-order valence-corrected chi connectivity index (χ4v) is 16.4. The zero-order chi connectivity index (χ0) is 94.0. The summed E-state index contributed by atoms with van der Waals surface area (Å²) < 4.78 is 80.2. The van der Waals surface area contributed by atoms with E-state index < -0.39 is 48.5 Å². The minimum atomic E-state index is -1.74. The highest BCUT2D eigenvalue weighted by Crippen LogP contribution is 2.45.